The van der Waals surface area contributed by atoms with Crippen molar-refractivity contribution in [2.24, 2.45) is 0 Å². The number of aryl methyl sites for hydroxylation is 2. The lowest BCUT2D eigenvalue weighted by molar-refractivity contribution is -0.118. The van der Waals surface area contributed by atoms with E-state index in [1.165, 1.54) is 6.07 Å². The van der Waals surface area contributed by atoms with Gasteiger partial charge >= 0.3 is 0 Å². The zero-order chi connectivity index (χ0) is 21.2. The second-order valence-electron chi connectivity index (χ2n) is 7.37. The Morgan fingerprint density at radius 1 is 1.10 bits per heavy atom. The smallest absolute Gasteiger partial charge is 0.226 e. The minimum atomic E-state index is -3.59. The Balaban J connectivity index is 1.67. The van der Waals surface area contributed by atoms with Gasteiger partial charge in [0, 0.05) is 30.8 Å². The maximum absolute atomic E-state index is 12.7. The van der Waals surface area contributed by atoms with Crippen LogP contribution in [0.25, 0.3) is 0 Å². The molecule has 1 heterocycles. The number of hydrogen-bond acceptors (Lipinski definition) is 4. The third kappa shape index (κ3) is 4.67. The lowest BCUT2D eigenvalue weighted by Gasteiger charge is -2.16. The standard InChI is InChI=1S/C22H26N2O4S/c1-4-22(26)24-11-9-17-14-18(6-8-20(17)24)29(27,28)12-10-21(25)23-19-7-5-15(2)13-16(19)3/h5-8,13-14H,4,9-12H2,1-3H3,(H,23,25). The molecule has 6 nitrogen and oxygen atoms in total. The molecule has 7 heteroatoms. The molecule has 1 aliphatic rings. The first kappa shape index (κ1) is 21.0. The fourth-order valence-electron chi connectivity index (χ4n) is 3.53. The highest BCUT2D eigenvalue weighted by Crippen LogP contribution is 2.31. The summed E-state index contributed by atoms with van der Waals surface area (Å²) in [5.41, 5.74) is 4.36. The lowest BCUT2D eigenvalue weighted by atomic mass is 10.1. The van der Waals surface area contributed by atoms with Gasteiger partial charge < -0.3 is 10.2 Å². The van der Waals surface area contributed by atoms with E-state index >= 15 is 0 Å². The van der Waals surface area contributed by atoms with Crippen LogP contribution < -0.4 is 10.2 Å². The number of rotatable bonds is 6. The van der Waals surface area contributed by atoms with E-state index in [1.807, 2.05) is 39.0 Å². The molecule has 1 aliphatic heterocycles. The van der Waals surface area contributed by atoms with Crippen LogP contribution in [0.3, 0.4) is 0 Å². The van der Waals surface area contributed by atoms with Crippen molar-refractivity contribution < 1.29 is 18.0 Å². The summed E-state index contributed by atoms with van der Waals surface area (Å²) in [7, 11) is -3.59. The van der Waals surface area contributed by atoms with Crippen LogP contribution in [-0.2, 0) is 25.8 Å². The quantitative estimate of drug-likeness (QED) is 0.785. The summed E-state index contributed by atoms with van der Waals surface area (Å²) in [5.74, 6) is -0.566. The van der Waals surface area contributed by atoms with Gasteiger partial charge in [-0.1, -0.05) is 24.6 Å². The highest BCUT2D eigenvalue weighted by atomic mass is 32.2. The molecule has 0 saturated heterocycles. The van der Waals surface area contributed by atoms with E-state index in [2.05, 4.69) is 5.32 Å². The van der Waals surface area contributed by atoms with E-state index in [0.717, 1.165) is 22.4 Å². The first-order chi connectivity index (χ1) is 13.7. The van der Waals surface area contributed by atoms with Crippen molar-refractivity contribution in [3.8, 4) is 0 Å². The molecule has 0 spiro atoms. The number of sulfone groups is 1. The molecule has 29 heavy (non-hydrogen) atoms. The number of hydrogen-bond donors (Lipinski definition) is 1. The second kappa shape index (κ2) is 8.37. The van der Waals surface area contributed by atoms with E-state index in [-0.39, 0.29) is 28.9 Å². The van der Waals surface area contributed by atoms with Gasteiger partial charge in [0.15, 0.2) is 9.84 Å². The van der Waals surface area contributed by atoms with E-state index in [0.29, 0.717) is 25.1 Å². The minimum Gasteiger partial charge on any atom is -0.326 e. The molecule has 3 rings (SSSR count). The average Bonchev–Trinajstić information content (AvgIpc) is 3.11. The van der Waals surface area contributed by atoms with Crippen LogP contribution in [0, 0.1) is 13.8 Å². The van der Waals surface area contributed by atoms with E-state index < -0.39 is 9.84 Å². The van der Waals surface area contributed by atoms with Crippen LogP contribution in [0.15, 0.2) is 41.3 Å². The van der Waals surface area contributed by atoms with Gasteiger partial charge in [-0.25, -0.2) is 8.42 Å². The monoisotopic (exact) mass is 414 g/mol. The van der Waals surface area contributed by atoms with Crippen LogP contribution >= 0.6 is 0 Å². The predicted molar refractivity (Wildman–Crippen MR) is 114 cm³/mol. The SMILES string of the molecule is CCC(=O)N1CCc2cc(S(=O)(=O)CCC(=O)Nc3ccc(C)cc3C)ccc21. The number of fused-ring (bicyclic) bond motifs is 1. The van der Waals surface area contributed by atoms with Gasteiger partial charge in [0.05, 0.1) is 10.6 Å². The average molecular weight is 415 g/mol. The normalized spacial score (nSPS) is 13.3. The van der Waals surface area contributed by atoms with Crippen molar-refractivity contribution in [1.29, 1.82) is 0 Å². The summed E-state index contributed by atoms with van der Waals surface area (Å²) in [4.78, 5) is 26.1. The molecule has 0 unspecified atom stereocenters. The first-order valence-electron chi connectivity index (χ1n) is 9.74. The van der Waals surface area contributed by atoms with Crippen molar-refractivity contribution in [3.05, 3.63) is 53.1 Å². The molecule has 154 valence electrons. The molecule has 0 fully saturated rings. The molecule has 0 atom stereocenters. The van der Waals surface area contributed by atoms with Gasteiger partial charge in [-0.15, -0.1) is 0 Å². The molecular weight excluding hydrogens is 388 g/mol. The van der Waals surface area contributed by atoms with Crippen LogP contribution in [0.2, 0.25) is 0 Å². The number of carbonyl (C=O) groups excluding carboxylic acids is 2. The Bertz CT molecular complexity index is 1060. The molecule has 0 radical (unpaired) electrons. The highest BCUT2D eigenvalue weighted by Gasteiger charge is 2.26. The Morgan fingerprint density at radius 2 is 1.86 bits per heavy atom. The second-order valence-corrected chi connectivity index (χ2v) is 9.48. The molecule has 0 aromatic heterocycles. The molecule has 1 N–H and O–H groups in total. The summed E-state index contributed by atoms with van der Waals surface area (Å²) in [6, 6.07) is 10.5. The molecule has 2 aromatic rings. The first-order valence-corrected chi connectivity index (χ1v) is 11.4. The maximum Gasteiger partial charge on any atom is 0.226 e. The fourth-order valence-corrected chi connectivity index (χ4v) is 4.82. The van der Waals surface area contributed by atoms with Gasteiger partial charge in [-0.3, -0.25) is 9.59 Å². The minimum absolute atomic E-state index is 0.0300. The highest BCUT2D eigenvalue weighted by molar-refractivity contribution is 7.91. The summed E-state index contributed by atoms with van der Waals surface area (Å²) >= 11 is 0. The Morgan fingerprint density at radius 3 is 2.55 bits per heavy atom. The van der Waals surface area contributed by atoms with Crippen LogP contribution in [0.1, 0.15) is 36.5 Å². The summed E-state index contributed by atoms with van der Waals surface area (Å²) in [6.45, 7) is 6.25. The van der Waals surface area contributed by atoms with E-state index in [4.69, 9.17) is 0 Å². The molecule has 2 amide bonds. The van der Waals surface area contributed by atoms with E-state index in [9.17, 15) is 18.0 Å². The molecule has 0 saturated carbocycles. The third-order valence-electron chi connectivity index (χ3n) is 5.16. The molecule has 2 aromatic carbocycles. The van der Waals surface area contributed by atoms with Crippen molar-refractivity contribution in [2.45, 2.75) is 44.9 Å². The predicted octanol–water partition coefficient (Wildman–Crippen LogP) is 3.41. The maximum atomic E-state index is 12.7. The number of carbonyl (C=O) groups is 2. The van der Waals surface area contributed by atoms with Gasteiger partial charge in [0.25, 0.3) is 0 Å². The van der Waals surface area contributed by atoms with Crippen molar-refractivity contribution in [2.75, 3.05) is 22.5 Å². The molecule has 0 bridgehead atoms. The van der Waals surface area contributed by atoms with Gasteiger partial charge in [0.2, 0.25) is 11.8 Å². The number of benzene rings is 2. The lowest BCUT2D eigenvalue weighted by Crippen LogP contribution is -2.27. The zero-order valence-electron chi connectivity index (χ0n) is 17.0. The Kier molecular flexibility index (Phi) is 6.07. The fraction of sp³-hybridized carbons (Fsp3) is 0.364. The summed E-state index contributed by atoms with van der Waals surface area (Å²) in [6.07, 6.45) is 0.930. The Hall–Kier alpha value is -2.67. The van der Waals surface area contributed by atoms with Gasteiger partial charge in [-0.2, -0.15) is 0 Å². The van der Waals surface area contributed by atoms with Crippen LogP contribution in [-0.4, -0.2) is 32.5 Å². The topological polar surface area (TPSA) is 83.6 Å². The van der Waals surface area contributed by atoms with Gasteiger partial charge in [-0.05, 0) is 55.7 Å². The van der Waals surface area contributed by atoms with E-state index in [1.54, 1.807) is 17.0 Å². The number of amides is 2. The van der Waals surface area contributed by atoms with Crippen molar-refractivity contribution in [1.82, 2.24) is 0 Å². The van der Waals surface area contributed by atoms with Gasteiger partial charge in [0.1, 0.15) is 0 Å². The van der Waals surface area contributed by atoms with Crippen molar-refractivity contribution >= 4 is 33.0 Å². The third-order valence-corrected chi connectivity index (χ3v) is 6.88. The van der Waals surface area contributed by atoms with Crippen LogP contribution in [0.5, 0.6) is 0 Å². The molecular formula is C22H26N2O4S. The summed E-state index contributed by atoms with van der Waals surface area (Å²) in [5, 5.41) is 2.78. The number of anilines is 2. The number of nitrogens with one attached hydrogen (secondary N) is 1. The van der Waals surface area contributed by atoms with Crippen LogP contribution in [0.4, 0.5) is 11.4 Å². The number of nitrogens with zero attached hydrogens (tertiary/aromatic N) is 1. The zero-order valence-corrected chi connectivity index (χ0v) is 17.8. The molecule has 0 aliphatic carbocycles. The Labute approximate surface area is 171 Å². The largest absolute Gasteiger partial charge is 0.326 e. The van der Waals surface area contributed by atoms with Crippen molar-refractivity contribution in [3.63, 3.8) is 0 Å². The summed E-state index contributed by atoms with van der Waals surface area (Å²) < 4.78 is 25.4.